The molecule has 0 amide bonds. The van der Waals surface area contributed by atoms with Crippen LogP contribution >= 0.6 is 0 Å². The molecule has 0 radical (unpaired) electrons. The number of tetrazole rings is 1. The van der Waals surface area contributed by atoms with Gasteiger partial charge >= 0.3 is 0 Å². The second kappa shape index (κ2) is 5.43. The summed E-state index contributed by atoms with van der Waals surface area (Å²) in [7, 11) is -0.976. The van der Waals surface area contributed by atoms with Crippen molar-refractivity contribution in [3.05, 3.63) is 24.0 Å². The Bertz CT molecular complexity index is 615. The van der Waals surface area contributed by atoms with Gasteiger partial charge in [0, 0.05) is 28.3 Å². The molecular weight excluding hydrogens is 269 g/mol. The van der Waals surface area contributed by atoms with Gasteiger partial charge in [0.2, 0.25) is 0 Å². The normalized spacial score (nSPS) is 14.3. The van der Waals surface area contributed by atoms with Crippen LogP contribution in [0.1, 0.15) is 6.92 Å². The first kappa shape index (κ1) is 13.6. The van der Waals surface area contributed by atoms with Crippen LogP contribution in [0, 0.1) is 5.82 Å². The topological polar surface area (TPSA) is 86.7 Å². The maximum atomic E-state index is 13.0. The number of nitrogens with zero attached hydrogens (tertiary/aromatic N) is 4. The number of nitrogens with two attached hydrogens (primary N) is 1. The van der Waals surface area contributed by atoms with Crippen LogP contribution in [0.2, 0.25) is 0 Å². The van der Waals surface area contributed by atoms with E-state index in [0.29, 0.717) is 17.9 Å². The number of anilines is 1. The summed E-state index contributed by atoms with van der Waals surface area (Å²) in [6.07, 6.45) is 1.63. The summed E-state index contributed by atoms with van der Waals surface area (Å²) < 4.78 is 25.9. The van der Waals surface area contributed by atoms with Crippen LogP contribution in [0.25, 0.3) is 11.4 Å². The minimum absolute atomic E-state index is 0.0936. The van der Waals surface area contributed by atoms with E-state index >= 15 is 0 Å². The predicted molar refractivity (Wildman–Crippen MR) is 71.2 cm³/mol. The highest BCUT2D eigenvalue weighted by Gasteiger charge is 2.16. The van der Waals surface area contributed by atoms with Crippen molar-refractivity contribution in [2.75, 3.05) is 12.0 Å². The van der Waals surface area contributed by atoms with E-state index in [1.165, 1.54) is 22.9 Å². The Balaban J connectivity index is 2.36. The van der Waals surface area contributed by atoms with E-state index in [0.717, 1.165) is 0 Å². The van der Waals surface area contributed by atoms with Gasteiger partial charge in [-0.2, -0.15) is 0 Å². The van der Waals surface area contributed by atoms with Gasteiger partial charge in [0.1, 0.15) is 5.82 Å². The van der Waals surface area contributed by atoms with Gasteiger partial charge in [-0.3, -0.25) is 4.21 Å². The standard InChI is InChI=1S/C11H14FN5OS/c1-7(19(2)18)6-17-11(14-15-16-17)9-4-3-8(12)5-10(9)13/h3-5,7H,6,13H2,1-2H3. The quantitative estimate of drug-likeness (QED) is 0.840. The zero-order chi connectivity index (χ0) is 14.0. The van der Waals surface area contributed by atoms with Crippen molar-refractivity contribution in [1.82, 2.24) is 20.2 Å². The van der Waals surface area contributed by atoms with E-state index in [4.69, 9.17) is 5.73 Å². The molecule has 1 heterocycles. The molecule has 0 spiro atoms. The molecule has 2 N–H and O–H groups in total. The van der Waals surface area contributed by atoms with E-state index < -0.39 is 16.6 Å². The van der Waals surface area contributed by atoms with Crippen molar-refractivity contribution in [2.45, 2.75) is 18.7 Å². The highest BCUT2D eigenvalue weighted by atomic mass is 32.2. The fraction of sp³-hybridized carbons (Fsp3) is 0.364. The van der Waals surface area contributed by atoms with Gasteiger partial charge in [-0.25, -0.2) is 9.07 Å². The fourth-order valence-electron chi connectivity index (χ4n) is 1.61. The molecule has 19 heavy (non-hydrogen) atoms. The van der Waals surface area contributed by atoms with Crippen LogP contribution in [-0.4, -0.2) is 35.9 Å². The Hall–Kier alpha value is -1.83. The lowest BCUT2D eigenvalue weighted by molar-refractivity contribution is 0.579. The summed E-state index contributed by atoms with van der Waals surface area (Å²) >= 11 is 0. The molecule has 6 nitrogen and oxygen atoms in total. The minimum Gasteiger partial charge on any atom is -0.398 e. The number of rotatable bonds is 4. The minimum atomic E-state index is -0.976. The lowest BCUT2D eigenvalue weighted by Gasteiger charge is -2.10. The first-order chi connectivity index (χ1) is 8.99. The maximum Gasteiger partial charge on any atom is 0.184 e. The smallest absolute Gasteiger partial charge is 0.184 e. The summed E-state index contributed by atoms with van der Waals surface area (Å²) in [5.41, 5.74) is 6.58. The fourth-order valence-corrected chi connectivity index (χ4v) is 1.96. The van der Waals surface area contributed by atoms with Crippen molar-refractivity contribution in [3.63, 3.8) is 0 Å². The van der Waals surface area contributed by atoms with Crippen molar-refractivity contribution < 1.29 is 8.60 Å². The van der Waals surface area contributed by atoms with Gasteiger partial charge in [-0.1, -0.05) is 0 Å². The Morgan fingerprint density at radius 1 is 1.53 bits per heavy atom. The zero-order valence-corrected chi connectivity index (χ0v) is 11.4. The van der Waals surface area contributed by atoms with Crippen molar-refractivity contribution >= 4 is 16.5 Å². The first-order valence-electron chi connectivity index (χ1n) is 5.63. The molecule has 2 atom stereocenters. The maximum absolute atomic E-state index is 13.0. The Morgan fingerprint density at radius 3 is 2.89 bits per heavy atom. The van der Waals surface area contributed by atoms with E-state index in [-0.39, 0.29) is 10.9 Å². The Morgan fingerprint density at radius 2 is 2.26 bits per heavy atom. The molecule has 0 saturated heterocycles. The molecule has 1 aromatic heterocycles. The predicted octanol–water partition coefficient (Wildman–Crippen LogP) is 0.828. The zero-order valence-electron chi connectivity index (χ0n) is 10.6. The molecule has 8 heteroatoms. The van der Waals surface area contributed by atoms with Gasteiger partial charge in [0.05, 0.1) is 11.8 Å². The summed E-state index contributed by atoms with van der Waals surface area (Å²) in [6, 6.07) is 4.04. The molecule has 0 bridgehead atoms. The van der Waals surface area contributed by atoms with Crippen LogP contribution in [0.15, 0.2) is 18.2 Å². The average Bonchev–Trinajstić information content (AvgIpc) is 2.77. The number of aromatic nitrogens is 4. The van der Waals surface area contributed by atoms with E-state index in [9.17, 15) is 8.60 Å². The SMILES string of the molecule is CC(Cn1nnnc1-c1ccc(F)cc1N)S(C)=O. The number of hydrogen-bond donors (Lipinski definition) is 1. The second-order valence-corrected chi connectivity index (χ2v) is 6.03. The Labute approximate surface area is 112 Å². The molecule has 0 fully saturated rings. The van der Waals surface area contributed by atoms with Gasteiger partial charge in [0.25, 0.3) is 0 Å². The van der Waals surface area contributed by atoms with Crippen LogP contribution in [0.5, 0.6) is 0 Å². The summed E-state index contributed by atoms with van der Waals surface area (Å²) in [4.78, 5) is 0. The molecule has 0 aliphatic carbocycles. The summed E-state index contributed by atoms with van der Waals surface area (Å²) in [5, 5.41) is 11.2. The molecule has 2 unspecified atom stereocenters. The van der Waals surface area contributed by atoms with E-state index in [2.05, 4.69) is 15.5 Å². The highest BCUT2D eigenvalue weighted by molar-refractivity contribution is 7.84. The van der Waals surface area contributed by atoms with Crippen molar-refractivity contribution in [3.8, 4) is 11.4 Å². The number of benzene rings is 1. The van der Waals surface area contributed by atoms with Crippen LogP contribution in [0.4, 0.5) is 10.1 Å². The largest absolute Gasteiger partial charge is 0.398 e. The summed E-state index contributed by atoms with van der Waals surface area (Å²) in [6.45, 7) is 2.25. The second-order valence-electron chi connectivity index (χ2n) is 4.23. The molecule has 1 aromatic carbocycles. The third-order valence-electron chi connectivity index (χ3n) is 2.78. The lowest BCUT2D eigenvalue weighted by Crippen LogP contribution is -2.19. The van der Waals surface area contributed by atoms with Crippen molar-refractivity contribution in [1.29, 1.82) is 0 Å². The van der Waals surface area contributed by atoms with Crippen molar-refractivity contribution in [2.24, 2.45) is 0 Å². The van der Waals surface area contributed by atoms with Gasteiger partial charge < -0.3 is 5.73 Å². The van der Waals surface area contributed by atoms with Gasteiger partial charge in [0.15, 0.2) is 5.82 Å². The van der Waals surface area contributed by atoms with Gasteiger partial charge in [-0.05, 0) is 35.5 Å². The summed E-state index contributed by atoms with van der Waals surface area (Å²) in [5.74, 6) is 0.0260. The van der Waals surface area contributed by atoms with Crippen LogP contribution < -0.4 is 5.73 Å². The first-order valence-corrected chi connectivity index (χ1v) is 7.25. The molecular formula is C11H14FN5OS. The van der Waals surface area contributed by atoms with Crippen LogP contribution in [0.3, 0.4) is 0 Å². The molecule has 2 rings (SSSR count). The van der Waals surface area contributed by atoms with Gasteiger partial charge in [-0.15, -0.1) is 5.10 Å². The monoisotopic (exact) mass is 283 g/mol. The average molecular weight is 283 g/mol. The Kier molecular flexibility index (Phi) is 3.89. The number of halogens is 1. The molecule has 0 aliphatic heterocycles. The third-order valence-corrected chi connectivity index (χ3v) is 4.07. The van der Waals surface area contributed by atoms with E-state index in [1.807, 2.05) is 6.92 Å². The molecule has 0 aliphatic rings. The van der Waals surface area contributed by atoms with Crippen LogP contribution in [-0.2, 0) is 17.3 Å². The van der Waals surface area contributed by atoms with E-state index in [1.54, 1.807) is 6.26 Å². The lowest BCUT2D eigenvalue weighted by atomic mass is 10.1. The number of nitrogen functional groups attached to an aromatic ring is 1. The molecule has 2 aromatic rings. The molecule has 102 valence electrons. The number of hydrogen-bond acceptors (Lipinski definition) is 5. The third kappa shape index (κ3) is 2.95. The molecule has 0 saturated carbocycles. The highest BCUT2D eigenvalue weighted by Crippen LogP contribution is 2.24.